The average Bonchev–Trinajstić information content (AvgIpc) is 2.98. The molecule has 3 rings (SSSR count). The molecule has 28 heavy (non-hydrogen) atoms. The third-order valence-corrected chi connectivity index (χ3v) is 4.50. The summed E-state index contributed by atoms with van der Waals surface area (Å²) >= 11 is 0. The molecule has 2 N–H and O–H groups in total. The molecular weight excluding hydrogens is 468 g/mol. The summed E-state index contributed by atoms with van der Waals surface area (Å²) in [6.45, 7) is 5.01. The number of guanidine groups is 1. The van der Waals surface area contributed by atoms with Crippen LogP contribution in [-0.4, -0.2) is 22.8 Å². The van der Waals surface area contributed by atoms with Crippen molar-refractivity contribution < 1.29 is 4.39 Å². The highest BCUT2D eigenvalue weighted by Gasteiger charge is 2.13. The van der Waals surface area contributed by atoms with E-state index >= 15 is 0 Å². The van der Waals surface area contributed by atoms with Crippen molar-refractivity contribution in [3.8, 4) is 5.69 Å². The molecule has 0 fully saturated rings. The quantitative estimate of drug-likeness (QED) is 0.320. The molecule has 0 unspecified atom stereocenters. The first-order valence-corrected chi connectivity index (χ1v) is 8.88. The maximum atomic E-state index is 13.8. The van der Waals surface area contributed by atoms with Gasteiger partial charge in [0, 0.05) is 37.0 Å². The monoisotopic (exact) mass is 493 g/mol. The molecule has 0 aliphatic rings. The predicted molar refractivity (Wildman–Crippen MR) is 122 cm³/mol. The molecule has 0 saturated heterocycles. The lowest BCUT2D eigenvalue weighted by molar-refractivity contribution is 0.604. The third kappa shape index (κ3) is 5.09. The Morgan fingerprint density at radius 2 is 1.64 bits per heavy atom. The molecule has 0 spiro atoms. The Bertz CT molecular complexity index is 937. The number of hydrogen-bond donors (Lipinski definition) is 2. The average molecular weight is 493 g/mol. The number of aromatic nitrogens is 2. The van der Waals surface area contributed by atoms with E-state index in [4.69, 9.17) is 0 Å². The lowest BCUT2D eigenvalue weighted by atomic mass is 10.2. The van der Waals surface area contributed by atoms with Gasteiger partial charge in [0.1, 0.15) is 5.82 Å². The highest BCUT2D eigenvalue weighted by atomic mass is 127. The molecular formula is C21H25FIN5. The summed E-state index contributed by atoms with van der Waals surface area (Å²) in [5, 5.41) is 11.1. The molecule has 0 amide bonds. The number of halogens is 2. The van der Waals surface area contributed by atoms with E-state index in [1.54, 1.807) is 19.2 Å². The zero-order chi connectivity index (χ0) is 19.2. The van der Waals surface area contributed by atoms with E-state index in [1.165, 1.54) is 6.07 Å². The van der Waals surface area contributed by atoms with Gasteiger partial charge in [-0.15, -0.1) is 24.0 Å². The van der Waals surface area contributed by atoms with Gasteiger partial charge in [-0.3, -0.25) is 4.99 Å². The van der Waals surface area contributed by atoms with E-state index in [2.05, 4.69) is 27.6 Å². The van der Waals surface area contributed by atoms with Crippen molar-refractivity contribution in [2.45, 2.75) is 26.9 Å². The molecule has 0 radical (unpaired) electrons. The lowest BCUT2D eigenvalue weighted by Gasteiger charge is -2.13. The SMILES string of the molecule is CN=C(NCc1ccccc1F)NCc1c(C)nn(-c2ccccc2)c1C.I. The first-order valence-electron chi connectivity index (χ1n) is 8.88. The van der Waals surface area contributed by atoms with E-state index in [-0.39, 0.29) is 29.8 Å². The molecule has 0 aliphatic heterocycles. The maximum absolute atomic E-state index is 13.8. The molecule has 0 bridgehead atoms. The molecule has 148 valence electrons. The van der Waals surface area contributed by atoms with Gasteiger partial charge in [0.05, 0.1) is 11.4 Å². The number of para-hydroxylation sites is 1. The lowest BCUT2D eigenvalue weighted by Crippen LogP contribution is -2.36. The van der Waals surface area contributed by atoms with Gasteiger partial charge in [0.25, 0.3) is 0 Å². The molecule has 0 aliphatic carbocycles. The van der Waals surface area contributed by atoms with Crippen molar-refractivity contribution in [1.82, 2.24) is 20.4 Å². The van der Waals surface area contributed by atoms with Crippen LogP contribution < -0.4 is 10.6 Å². The van der Waals surface area contributed by atoms with Crippen LogP contribution in [-0.2, 0) is 13.1 Å². The van der Waals surface area contributed by atoms with Crippen LogP contribution >= 0.6 is 24.0 Å². The van der Waals surface area contributed by atoms with Crippen molar-refractivity contribution >= 4 is 29.9 Å². The summed E-state index contributed by atoms with van der Waals surface area (Å²) in [7, 11) is 1.70. The van der Waals surface area contributed by atoms with E-state index in [9.17, 15) is 4.39 Å². The fourth-order valence-electron chi connectivity index (χ4n) is 2.96. The number of rotatable bonds is 5. The van der Waals surface area contributed by atoms with Crippen LogP contribution in [0.15, 0.2) is 59.6 Å². The molecule has 1 aromatic heterocycles. The Labute approximate surface area is 182 Å². The van der Waals surface area contributed by atoms with Gasteiger partial charge in [-0.2, -0.15) is 5.10 Å². The Balaban J connectivity index is 0.00000280. The van der Waals surface area contributed by atoms with Crippen LogP contribution in [0.1, 0.15) is 22.5 Å². The van der Waals surface area contributed by atoms with E-state index < -0.39 is 0 Å². The van der Waals surface area contributed by atoms with E-state index in [1.807, 2.05) is 48.0 Å². The number of hydrogen-bond acceptors (Lipinski definition) is 2. The maximum Gasteiger partial charge on any atom is 0.191 e. The minimum atomic E-state index is -0.226. The second-order valence-corrected chi connectivity index (χ2v) is 6.27. The summed E-state index contributed by atoms with van der Waals surface area (Å²) in [6.07, 6.45) is 0. The molecule has 0 saturated carbocycles. The normalized spacial score (nSPS) is 11.1. The smallest absolute Gasteiger partial charge is 0.191 e. The Morgan fingerprint density at radius 3 is 2.32 bits per heavy atom. The number of aliphatic imine (C=N–C) groups is 1. The number of nitrogens with zero attached hydrogens (tertiary/aromatic N) is 3. The van der Waals surface area contributed by atoms with Gasteiger partial charge in [-0.05, 0) is 32.0 Å². The number of benzene rings is 2. The van der Waals surface area contributed by atoms with Gasteiger partial charge in [-0.1, -0.05) is 36.4 Å². The second-order valence-electron chi connectivity index (χ2n) is 6.27. The number of aryl methyl sites for hydroxylation is 1. The molecule has 0 atom stereocenters. The number of nitrogens with one attached hydrogen (secondary N) is 2. The molecule has 5 nitrogen and oxygen atoms in total. The first kappa shape index (κ1) is 21.9. The summed E-state index contributed by atoms with van der Waals surface area (Å²) in [4.78, 5) is 4.22. The van der Waals surface area contributed by atoms with Crippen molar-refractivity contribution in [2.24, 2.45) is 4.99 Å². The van der Waals surface area contributed by atoms with Crippen molar-refractivity contribution in [1.29, 1.82) is 0 Å². The Morgan fingerprint density at radius 1 is 1.00 bits per heavy atom. The van der Waals surface area contributed by atoms with Crippen LogP contribution in [0.5, 0.6) is 0 Å². The fourth-order valence-corrected chi connectivity index (χ4v) is 2.96. The summed E-state index contributed by atoms with van der Waals surface area (Å²) < 4.78 is 15.7. The summed E-state index contributed by atoms with van der Waals surface area (Å²) in [5.41, 5.74) is 4.80. The van der Waals surface area contributed by atoms with Crippen LogP contribution in [0, 0.1) is 19.7 Å². The van der Waals surface area contributed by atoms with Gasteiger partial charge < -0.3 is 10.6 Å². The standard InChI is InChI=1S/C21H24FN5.HI/c1-15-19(16(2)27(26-15)18-10-5-4-6-11-18)14-25-21(23-3)24-13-17-9-7-8-12-20(17)22;/h4-12H,13-14H2,1-3H3,(H2,23,24,25);1H. The molecule has 3 aromatic rings. The molecule has 1 heterocycles. The van der Waals surface area contributed by atoms with Gasteiger partial charge in [0.15, 0.2) is 5.96 Å². The van der Waals surface area contributed by atoms with Crippen molar-refractivity contribution in [3.63, 3.8) is 0 Å². The third-order valence-electron chi connectivity index (χ3n) is 4.50. The first-order chi connectivity index (χ1) is 13.1. The molecule has 2 aromatic carbocycles. The topological polar surface area (TPSA) is 54.2 Å². The van der Waals surface area contributed by atoms with Crippen molar-refractivity contribution in [2.75, 3.05) is 7.05 Å². The van der Waals surface area contributed by atoms with Gasteiger partial charge >= 0.3 is 0 Å². The summed E-state index contributed by atoms with van der Waals surface area (Å²) in [6, 6.07) is 16.8. The van der Waals surface area contributed by atoms with Crippen LogP contribution in [0.4, 0.5) is 4.39 Å². The van der Waals surface area contributed by atoms with E-state index in [0.717, 1.165) is 22.6 Å². The summed E-state index contributed by atoms with van der Waals surface area (Å²) in [5.74, 6) is 0.390. The van der Waals surface area contributed by atoms with Crippen LogP contribution in [0.25, 0.3) is 5.69 Å². The van der Waals surface area contributed by atoms with Crippen molar-refractivity contribution in [3.05, 3.63) is 82.9 Å². The van der Waals surface area contributed by atoms with Gasteiger partial charge in [0.2, 0.25) is 0 Å². The second kappa shape index (κ2) is 10.2. The molecule has 7 heteroatoms. The minimum Gasteiger partial charge on any atom is -0.352 e. The highest BCUT2D eigenvalue weighted by Crippen LogP contribution is 2.17. The van der Waals surface area contributed by atoms with Crippen LogP contribution in [0.3, 0.4) is 0 Å². The fraction of sp³-hybridized carbons (Fsp3) is 0.238. The zero-order valence-corrected chi connectivity index (χ0v) is 18.6. The Kier molecular flexibility index (Phi) is 7.98. The predicted octanol–water partition coefficient (Wildman–Crippen LogP) is 4.11. The highest BCUT2D eigenvalue weighted by molar-refractivity contribution is 14.0. The van der Waals surface area contributed by atoms with E-state index in [0.29, 0.717) is 24.6 Å². The Hall–Kier alpha value is -2.42. The zero-order valence-electron chi connectivity index (χ0n) is 16.2. The minimum absolute atomic E-state index is 0. The largest absolute Gasteiger partial charge is 0.352 e. The van der Waals surface area contributed by atoms with Crippen LogP contribution in [0.2, 0.25) is 0 Å². The van der Waals surface area contributed by atoms with Gasteiger partial charge in [-0.25, -0.2) is 9.07 Å².